The Labute approximate surface area is 194 Å². The van der Waals surface area contributed by atoms with E-state index in [1.807, 2.05) is 45.3 Å². The van der Waals surface area contributed by atoms with Gasteiger partial charge in [0, 0.05) is 32.7 Å². The van der Waals surface area contributed by atoms with Crippen LogP contribution < -0.4 is 5.32 Å². The molecule has 0 saturated carbocycles. The summed E-state index contributed by atoms with van der Waals surface area (Å²) in [5.74, 6) is 0.953. The van der Waals surface area contributed by atoms with Gasteiger partial charge in [-0.2, -0.15) is 0 Å². The van der Waals surface area contributed by atoms with Gasteiger partial charge in [0.25, 0.3) is 0 Å². The van der Waals surface area contributed by atoms with E-state index in [-0.39, 0.29) is 36.1 Å². The molecule has 0 spiro atoms. The lowest BCUT2D eigenvalue weighted by Crippen LogP contribution is -2.57. The number of piperazine rings is 1. The number of carbonyl (C=O) groups is 1. The number of fused-ring (bicyclic) bond motifs is 2. The number of imidazole rings is 1. The molecular weight excluding hydrogens is 495 g/mol. The topological polar surface area (TPSA) is 75.0 Å². The highest BCUT2D eigenvalue weighted by atomic mass is 127. The molecule has 164 valence electrons. The number of benzene rings is 1. The molecule has 0 aliphatic carbocycles. The first-order valence-electron chi connectivity index (χ1n) is 10.3. The minimum absolute atomic E-state index is 0. The number of aliphatic imine (C=N–C) groups is 1. The summed E-state index contributed by atoms with van der Waals surface area (Å²) < 4.78 is 7.70. The van der Waals surface area contributed by atoms with Crippen molar-refractivity contribution in [2.24, 2.45) is 4.99 Å². The monoisotopic (exact) mass is 526 g/mol. The highest BCUT2D eigenvalue weighted by molar-refractivity contribution is 14.0. The zero-order valence-corrected chi connectivity index (χ0v) is 20.2. The normalized spacial score (nSPS) is 18.6. The number of para-hydroxylation sites is 2. The number of hydrogen-bond acceptors (Lipinski definition) is 6. The highest BCUT2D eigenvalue weighted by Gasteiger charge is 2.36. The number of nitrogens with one attached hydrogen (secondary N) is 1. The maximum atomic E-state index is 12.3. The van der Waals surface area contributed by atoms with Crippen LogP contribution in [0.25, 0.3) is 11.0 Å². The molecule has 1 atom stereocenters. The first kappa shape index (κ1) is 22.6. The molecular formula is C21H31IN6O2. The number of amides is 1. The number of nitrogens with zero attached hydrogens (tertiary/aromatic N) is 5. The lowest BCUT2D eigenvalue weighted by atomic mass is 10.2. The van der Waals surface area contributed by atoms with Crippen LogP contribution >= 0.6 is 24.0 Å². The number of aromatic nitrogens is 2. The fraction of sp³-hybridized carbons (Fsp3) is 0.571. The Morgan fingerprint density at radius 3 is 2.87 bits per heavy atom. The van der Waals surface area contributed by atoms with Crippen LogP contribution in [0.3, 0.4) is 0 Å². The molecule has 30 heavy (non-hydrogen) atoms. The smallest absolute Gasteiger partial charge is 0.410 e. The van der Waals surface area contributed by atoms with Crippen molar-refractivity contribution in [3.8, 4) is 0 Å². The average Bonchev–Trinajstić information content (AvgIpc) is 3.27. The van der Waals surface area contributed by atoms with Gasteiger partial charge in [-0.05, 0) is 39.3 Å². The Bertz CT molecular complexity index is 906. The molecule has 1 saturated heterocycles. The van der Waals surface area contributed by atoms with E-state index in [4.69, 9.17) is 4.74 Å². The quantitative estimate of drug-likeness (QED) is 0.490. The molecule has 1 unspecified atom stereocenters. The number of hydrogen-bond donors (Lipinski definition) is 1. The van der Waals surface area contributed by atoms with Crippen LogP contribution in [-0.4, -0.2) is 75.8 Å². The molecule has 1 fully saturated rings. The second-order valence-electron chi connectivity index (χ2n) is 8.64. The van der Waals surface area contributed by atoms with Crippen molar-refractivity contribution in [1.29, 1.82) is 0 Å². The van der Waals surface area contributed by atoms with E-state index in [1.54, 1.807) is 4.90 Å². The van der Waals surface area contributed by atoms with Crippen LogP contribution in [0.4, 0.5) is 4.79 Å². The summed E-state index contributed by atoms with van der Waals surface area (Å²) in [4.78, 5) is 25.5. The number of guanidine groups is 1. The zero-order chi connectivity index (χ0) is 20.4. The minimum Gasteiger partial charge on any atom is -0.444 e. The van der Waals surface area contributed by atoms with Crippen molar-refractivity contribution < 1.29 is 9.53 Å². The Morgan fingerprint density at radius 1 is 1.27 bits per heavy atom. The molecule has 2 aliphatic rings. The zero-order valence-electron chi connectivity index (χ0n) is 17.9. The summed E-state index contributed by atoms with van der Waals surface area (Å²) in [6.45, 7) is 10.3. The van der Waals surface area contributed by atoms with Gasteiger partial charge in [-0.3, -0.25) is 4.99 Å². The lowest BCUT2D eigenvalue weighted by molar-refractivity contribution is 0.0137. The van der Waals surface area contributed by atoms with E-state index in [0.717, 1.165) is 37.5 Å². The third kappa shape index (κ3) is 5.16. The van der Waals surface area contributed by atoms with Crippen LogP contribution in [0.1, 0.15) is 27.2 Å². The lowest BCUT2D eigenvalue weighted by Gasteiger charge is -2.39. The summed E-state index contributed by atoms with van der Waals surface area (Å²) in [6, 6.07) is 8.43. The second kappa shape index (κ2) is 9.40. The number of rotatable bonds is 4. The fourth-order valence-corrected chi connectivity index (χ4v) is 3.86. The predicted molar refractivity (Wildman–Crippen MR) is 128 cm³/mol. The van der Waals surface area contributed by atoms with Gasteiger partial charge in [-0.1, -0.05) is 12.1 Å². The predicted octanol–water partition coefficient (Wildman–Crippen LogP) is 2.92. The van der Waals surface area contributed by atoms with Crippen LogP contribution in [0.15, 0.2) is 35.6 Å². The van der Waals surface area contributed by atoms with Gasteiger partial charge < -0.3 is 24.4 Å². The van der Waals surface area contributed by atoms with Crippen molar-refractivity contribution in [2.45, 2.75) is 45.4 Å². The number of ether oxygens (including phenoxy) is 1. The molecule has 2 aromatic rings. The first-order valence-corrected chi connectivity index (χ1v) is 10.3. The Kier molecular flexibility index (Phi) is 7.10. The molecule has 8 nitrogen and oxygen atoms in total. The summed E-state index contributed by atoms with van der Waals surface area (Å²) in [6.07, 6.45) is 2.66. The minimum atomic E-state index is -0.465. The Hall–Kier alpha value is -2.04. The molecule has 4 rings (SSSR count). The molecule has 1 aromatic carbocycles. The number of halogens is 1. The molecule has 1 N–H and O–H groups in total. The highest BCUT2D eigenvalue weighted by Crippen LogP contribution is 2.18. The van der Waals surface area contributed by atoms with Gasteiger partial charge in [0.2, 0.25) is 0 Å². The van der Waals surface area contributed by atoms with Gasteiger partial charge in [-0.25, -0.2) is 9.78 Å². The molecule has 3 heterocycles. The van der Waals surface area contributed by atoms with Crippen LogP contribution in [0.5, 0.6) is 0 Å². The number of carbonyl (C=O) groups excluding carboxylic acids is 1. The van der Waals surface area contributed by atoms with Crippen LogP contribution in [0.2, 0.25) is 0 Å². The summed E-state index contributed by atoms with van der Waals surface area (Å²) in [5.41, 5.74) is 1.74. The average molecular weight is 526 g/mol. The molecule has 0 bridgehead atoms. The van der Waals surface area contributed by atoms with E-state index in [9.17, 15) is 4.79 Å². The third-order valence-corrected chi connectivity index (χ3v) is 5.24. The van der Waals surface area contributed by atoms with Crippen molar-refractivity contribution in [2.75, 3.05) is 32.7 Å². The molecule has 0 radical (unpaired) electrons. The van der Waals surface area contributed by atoms with Crippen LogP contribution in [0, 0.1) is 0 Å². The summed E-state index contributed by atoms with van der Waals surface area (Å²) >= 11 is 0. The SMILES string of the molecule is CC(C)(C)OC(=O)N1CCN2C(NCCCn3cnc4ccccc43)=NCC2C1.I. The van der Waals surface area contributed by atoms with Gasteiger partial charge in [0.15, 0.2) is 5.96 Å². The van der Waals surface area contributed by atoms with Gasteiger partial charge in [0.1, 0.15) is 5.60 Å². The van der Waals surface area contributed by atoms with Crippen molar-refractivity contribution in [3.05, 3.63) is 30.6 Å². The van der Waals surface area contributed by atoms with Crippen LogP contribution in [-0.2, 0) is 11.3 Å². The van der Waals surface area contributed by atoms with Crippen molar-refractivity contribution in [3.63, 3.8) is 0 Å². The maximum Gasteiger partial charge on any atom is 0.410 e. The van der Waals surface area contributed by atoms with E-state index >= 15 is 0 Å². The van der Waals surface area contributed by atoms with Crippen molar-refractivity contribution in [1.82, 2.24) is 24.7 Å². The summed E-state index contributed by atoms with van der Waals surface area (Å²) in [5, 5.41) is 3.48. The Balaban J connectivity index is 0.00000256. The van der Waals surface area contributed by atoms with E-state index in [2.05, 4.69) is 30.8 Å². The maximum absolute atomic E-state index is 12.3. The van der Waals surface area contributed by atoms with E-state index in [1.165, 1.54) is 5.52 Å². The summed E-state index contributed by atoms with van der Waals surface area (Å²) in [7, 11) is 0. The first-order chi connectivity index (χ1) is 13.9. The second-order valence-corrected chi connectivity index (χ2v) is 8.64. The molecule has 2 aliphatic heterocycles. The molecule has 1 amide bonds. The van der Waals surface area contributed by atoms with Gasteiger partial charge in [0.05, 0.1) is 29.9 Å². The Morgan fingerprint density at radius 2 is 2.07 bits per heavy atom. The molecule has 1 aromatic heterocycles. The third-order valence-electron chi connectivity index (χ3n) is 5.24. The van der Waals surface area contributed by atoms with Gasteiger partial charge >= 0.3 is 6.09 Å². The van der Waals surface area contributed by atoms with E-state index in [0.29, 0.717) is 19.6 Å². The van der Waals surface area contributed by atoms with Crippen molar-refractivity contribution >= 4 is 47.1 Å². The largest absolute Gasteiger partial charge is 0.444 e. The van der Waals surface area contributed by atoms with E-state index < -0.39 is 5.60 Å². The standard InChI is InChI=1S/C21H30N6O2.HI/c1-21(2,3)29-20(28)25-11-12-27-16(14-25)13-23-19(27)22-9-6-10-26-15-24-17-7-4-5-8-18(17)26;/h4-5,7-8,15-16H,6,9-14H2,1-3H3,(H,22,23);1H. The fourth-order valence-electron chi connectivity index (χ4n) is 3.86. The number of aryl methyl sites for hydroxylation is 1. The molecule has 9 heteroatoms. The van der Waals surface area contributed by atoms with Gasteiger partial charge in [-0.15, -0.1) is 24.0 Å².